The van der Waals surface area contributed by atoms with Gasteiger partial charge >= 0.3 is 0 Å². The molecule has 0 spiro atoms. The SMILES string of the molecule is O=C(C1COc2ccccc2O1)N(CCN1CCCC1)Cc1ccc2c(c1)OCCO2. The molecule has 1 unspecified atom stereocenters. The molecule has 1 atom stereocenters. The van der Waals surface area contributed by atoms with Crippen molar-refractivity contribution in [3.8, 4) is 23.0 Å². The number of hydrogen-bond donors (Lipinski definition) is 0. The van der Waals surface area contributed by atoms with Crippen molar-refractivity contribution in [3.05, 3.63) is 48.0 Å². The number of nitrogens with zero attached hydrogens (tertiary/aromatic N) is 2. The summed E-state index contributed by atoms with van der Waals surface area (Å²) in [5.74, 6) is 2.74. The predicted molar refractivity (Wildman–Crippen MR) is 115 cm³/mol. The minimum atomic E-state index is -0.648. The molecule has 0 aromatic heterocycles. The number of benzene rings is 2. The molecule has 3 aliphatic rings. The Kier molecular flexibility index (Phi) is 5.84. The smallest absolute Gasteiger partial charge is 0.267 e. The first-order chi connectivity index (χ1) is 15.3. The summed E-state index contributed by atoms with van der Waals surface area (Å²) in [6.45, 7) is 5.52. The van der Waals surface area contributed by atoms with Crippen molar-refractivity contribution < 1.29 is 23.7 Å². The van der Waals surface area contributed by atoms with Crippen LogP contribution in [0.25, 0.3) is 0 Å². The second kappa shape index (κ2) is 9.06. The number of ether oxygens (including phenoxy) is 4. The van der Waals surface area contributed by atoms with E-state index < -0.39 is 6.10 Å². The molecule has 0 bridgehead atoms. The molecule has 164 valence electrons. The first-order valence-electron chi connectivity index (χ1n) is 11.0. The largest absolute Gasteiger partial charge is 0.486 e. The van der Waals surface area contributed by atoms with Crippen molar-refractivity contribution in [1.82, 2.24) is 9.80 Å². The highest BCUT2D eigenvalue weighted by molar-refractivity contribution is 5.82. The van der Waals surface area contributed by atoms with E-state index in [0.29, 0.717) is 37.8 Å². The second-order valence-electron chi connectivity index (χ2n) is 8.15. The number of carbonyl (C=O) groups is 1. The van der Waals surface area contributed by atoms with Gasteiger partial charge in [-0.25, -0.2) is 0 Å². The molecular weight excluding hydrogens is 396 g/mol. The molecule has 1 amide bonds. The van der Waals surface area contributed by atoms with Gasteiger partial charge in [-0.2, -0.15) is 0 Å². The molecule has 0 radical (unpaired) electrons. The Balaban J connectivity index is 1.31. The summed E-state index contributed by atoms with van der Waals surface area (Å²) in [6, 6.07) is 13.4. The Bertz CT molecular complexity index is 928. The first kappa shape index (κ1) is 20.0. The van der Waals surface area contributed by atoms with Gasteiger partial charge in [0.1, 0.15) is 19.8 Å². The Morgan fingerprint density at radius 1 is 0.935 bits per heavy atom. The minimum Gasteiger partial charge on any atom is -0.486 e. The molecule has 31 heavy (non-hydrogen) atoms. The number of fused-ring (bicyclic) bond motifs is 2. The number of amides is 1. The maximum Gasteiger partial charge on any atom is 0.267 e. The van der Waals surface area contributed by atoms with E-state index in [1.165, 1.54) is 12.8 Å². The lowest BCUT2D eigenvalue weighted by Gasteiger charge is -2.32. The summed E-state index contributed by atoms with van der Waals surface area (Å²) >= 11 is 0. The van der Waals surface area contributed by atoms with E-state index in [4.69, 9.17) is 18.9 Å². The summed E-state index contributed by atoms with van der Waals surface area (Å²) in [5.41, 5.74) is 1.01. The fourth-order valence-corrected chi connectivity index (χ4v) is 4.29. The molecule has 0 saturated carbocycles. The van der Waals surface area contributed by atoms with Gasteiger partial charge in [-0.3, -0.25) is 4.79 Å². The zero-order chi connectivity index (χ0) is 21.0. The van der Waals surface area contributed by atoms with Gasteiger partial charge in [0.2, 0.25) is 6.10 Å². The first-order valence-corrected chi connectivity index (χ1v) is 11.0. The lowest BCUT2D eigenvalue weighted by Crippen LogP contribution is -2.48. The lowest BCUT2D eigenvalue weighted by atomic mass is 10.1. The average Bonchev–Trinajstić information content (AvgIpc) is 3.34. The van der Waals surface area contributed by atoms with Gasteiger partial charge in [-0.15, -0.1) is 0 Å². The van der Waals surface area contributed by atoms with Crippen LogP contribution in [0.1, 0.15) is 18.4 Å². The summed E-state index contributed by atoms with van der Waals surface area (Å²) in [7, 11) is 0. The van der Waals surface area contributed by atoms with Crippen LogP contribution in [0.4, 0.5) is 0 Å². The lowest BCUT2D eigenvalue weighted by molar-refractivity contribution is -0.142. The average molecular weight is 424 g/mol. The maximum absolute atomic E-state index is 13.5. The van der Waals surface area contributed by atoms with E-state index in [9.17, 15) is 4.79 Å². The molecule has 7 nitrogen and oxygen atoms in total. The highest BCUT2D eigenvalue weighted by Gasteiger charge is 2.31. The second-order valence-corrected chi connectivity index (χ2v) is 8.15. The van der Waals surface area contributed by atoms with Crippen LogP contribution in [-0.4, -0.2) is 67.8 Å². The third-order valence-corrected chi connectivity index (χ3v) is 5.96. The van der Waals surface area contributed by atoms with Crippen molar-refractivity contribution in [3.63, 3.8) is 0 Å². The number of para-hydroxylation sites is 2. The van der Waals surface area contributed by atoms with E-state index >= 15 is 0 Å². The van der Waals surface area contributed by atoms with E-state index in [0.717, 1.165) is 36.7 Å². The van der Waals surface area contributed by atoms with Crippen molar-refractivity contribution in [1.29, 1.82) is 0 Å². The fourth-order valence-electron chi connectivity index (χ4n) is 4.29. The zero-order valence-electron chi connectivity index (χ0n) is 17.6. The van der Waals surface area contributed by atoms with Gasteiger partial charge in [-0.05, 0) is 55.8 Å². The Morgan fingerprint density at radius 3 is 2.52 bits per heavy atom. The fraction of sp³-hybridized carbons (Fsp3) is 0.458. The molecule has 3 heterocycles. The predicted octanol–water partition coefficient (Wildman–Crippen LogP) is 2.72. The molecule has 7 heteroatoms. The number of carbonyl (C=O) groups excluding carboxylic acids is 1. The zero-order valence-corrected chi connectivity index (χ0v) is 17.6. The van der Waals surface area contributed by atoms with Crippen LogP contribution in [0.5, 0.6) is 23.0 Å². The Morgan fingerprint density at radius 2 is 1.68 bits per heavy atom. The molecule has 2 aromatic rings. The molecule has 1 fully saturated rings. The molecule has 5 rings (SSSR count). The van der Waals surface area contributed by atoms with Gasteiger partial charge < -0.3 is 28.7 Å². The van der Waals surface area contributed by atoms with Crippen LogP contribution >= 0.6 is 0 Å². The summed E-state index contributed by atoms with van der Waals surface area (Å²) in [4.78, 5) is 17.7. The molecular formula is C24H28N2O5. The molecule has 3 aliphatic heterocycles. The Labute approximate surface area is 182 Å². The van der Waals surface area contributed by atoms with Crippen LogP contribution in [0, 0.1) is 0 Å². The highest BCUT2D eigenvalue weighted by Crippen LogP contribution is 2.33. The highest BCUT2D eigenvalue weighted by atomic mass is 16.6. The van der Waals surface area contributed by atoms with Crippen LogP contribution in [0.3, 0.4) is 0 Å². The number of hydrogen-bond acceptors (Lipinski definition) is 6. The van der Waals surface area contributed by atoms with Gasteiger partial charge in [0.25, 0.3) is 5.91 Å². The number of likely N-dealkylation sites (tertiary alicyclic amines) is 1. The van der Waals surface area contributed by atoms with Gasteiger partial charge in [-0.1, -0.05) is 18.2 Å². The summed E-state index contributed by atoms with van der Waals surface area (Å²) in [5, 5.41) is 0. The maximum atomic E-state index is 13.5. The molecule has 2 aromatic carbocycles. The molecule has 1 saturated heterocycles. The monoisotopic (exact) mass is 424 g/mol. The molecule has 0 aliphatic carbocycles. The van der Waals surface area contributed by atoms with Gasteiger partial charge in [0, 0.05) is 19.6 Å². The quantitative estimate of drug-likeness (QED) is 0.711. The van der Waals surface area contributed by atoms with Crippen molar-refractivity contribution in [2.45, 2.75) is 25.5 Å². The summed E-state index contributed by atoms with van der Waals surface area (Å²) in [6.07, 6.45) is 1.81. The van der Waals surface area contributed by atoms with Crippen molar-refractivity contribution in [2.75, 3.05) is 46.0 Å². The van der Waals surface area contributed by atoms with E-state index in [2.05, 4.69) is 4.90 Å². The van der Waals surface area contributed by atoms with E-state index in [1.807, 2.05) is 47.4 Å². The third kappa shape index (κ3) is 4.56. The minimum absolute atomic E-state index is 0.0522. The van der Waals surface area contributed by atoms with Crippen LogP contribution in [-0.2, 0) is 11.3 Å². The summed E-state index contributed by atoms with van der Waals surface area (Å²) < 4.78 is 23.1. The van der Waals surface area contributed by atoms with E-state index in [-0.39, 0.29) is 12.5 Å². The van der Waals surface area contributed by atoms with Crippen LogP contribution < -0.4 is 18.9 Å². The normalized spacial score (nSPS) is 19.8. The van der Waals surface area contributed by atoms with Crippen LogP contribution in [0.2, 0.25) is 0 Å². The van der Waals surface area contributed by atoms with Crippen LogP contribution in [0.15, 0.2) is 42.5 Å². The molecule has 0 N–H and O–H groups in total. The number of rotatable bonds is 6. The topological polar surface area (TPSA) is 60.5 Å². The van der Waals surface area contributed by atoms with Crippen molar-refractivity contribution >= 4 is 5.91 Å². The third-order valence-electron chi connectivity index (χ3n) is 5.96. The van der Waals surface area contributed by atoms with Gasteiger partial charge in [0.05, 0.1) is 0 Å². The standard InChI is InChI=1S/C24H28N2O5/c27-24(23-17-30-19-5-1-2-6-21(19)31-23)26(12-11-25-9-3-4-10-25)16-18-7-8-20-22(15-18)29-14-13-28-20/h1-2,5-8,15,23H,3-4,9-14,16-17H2. The van der Waals surface area contributed by atoms with Gasteiger partial charge in [0.15, 0.2) is 23.0 Å². The van der Waals surface area contributed by atoms with E-state index in [1.54, 1.807) is 0 Å². The van der Waals surface area contributed by atoms with Crippen molar-refractivity contribution in [2.24, 2.45) is 0 Å². The Hall–Kier alpha value is -2.93.